The molecule has 0 aromatic heterocycles. The van der Waals surface area contributed by atoms with Gasteiger partial charge in [0.25, 0.3) is 0 Å². The van der Waals surface area contributed by atoms with Gasteiger partial charge < -0.3 is 20.1 Å². The van der Waals surface area contributed by atoms with Gasteiger partial charge >= 0.3 is 0 Å². The van der Waals surface area contributed by atoms with Gasteiger partial charge in [0.2, 0.25) is 0 Å². The Kier molecular flexibility index (Phi) is 4.72. The molecule has 2 atom stereocenters. The monoisotopic (exact) mass is 312 g/mol. The summed E-state index contributed by atoms with van der Waals surface area (Å²) in [6.07, 6.45) is 1.02. The molecule has 3 rings (SSSR count). The largest absolute Gasteiger partial charge is 0.493 e. The van der Waals surface area contributed by atoms with E-state index in [4.69, 9.17) is 15.2 Å². The molecule has 0 amide bonds. The Hall–Kier alpha value is -2.20. The van der Waals surface area contributed by atoms with Gasteiger partial charge in [-0.05, 0) is 24.1 Å². The predicted octanol–water partition coefficient (Wildman–Crippen LogP) is 3.03. The Labute approximate surface area is 137 Å². The molecule has 0 saturated carbocycles. The minimum atomic E-state index is 0.169. The van der Waals surface area contributed by atoms with Gasteiger partial charge in [0.15, 0.2) is 11.5 Å². The van der Waals surface area contributed by atoms with Crippen LogP contribution in [0.25, 0.3) is 0 Å². The molecule has 1 aliphatic rings. The first-order valence-corrected chi connectivity index (χ1v) is 7.98. The molecule has 0 bridgehead atoms. The van der Waals surface area contributed by atoms with E-state index in [1.807, 2.05) is 12.1 Å². The Bertz CT molecular complexity index is 645. The topological polar surface area (TPSA) is 47.7 Å². The summed E-state index contributed by atoms with van der Waals surface area (Å²) in [6.45, 7) is 1.83. The van der Waals surface area contributed by atoms with Crippen LogP contribution in [0.1, 0.15) is 17.9 Å². The van der Waals surface area contributed by atoms with Gasteiger partial charge in [-0.15, -0.1) is 0 Å². The van der Waals surface area contributed by atoms with Crippen molar-refractivity contribution in [3.8, 4) is 11.5 Å². The summed E-state index contributed by atoms with van der Waals surface area (Å²) >= 11 is 0. The Morgan fingerprint density at radius 2 is 1.70 bits per heavy atom. The van der Waals surface area contributed by atoms with Gasteiger partial charge in [0.05, 0.1) is 14.2 Å². The number of anilines is 1. The number of piperidine rings is 1. The second-order valence-electron chi connectivity index (χ2n) is 6.05. The van der Waals surface area contributed by atoms with Crippen LogP contribution in [-0.4, -0.2) is 33.4 Å². The molecule has 23 heavy (non-hydrogen) atoms. The molecule has 1 heterocycles. The average molecular weight is 312 g/mol. The van der Waals surface area contributed by atoms with E-state index in [2.05, 4.69) is 41.3 Å². The highest BCUT2D eigenvalue weighted by Crippen LogP contribution is 2.35. The first-order valence-electron chi connectivity index (χ1n) is 7.98. The van der Waals surface area contributed by atoms with Gasteiger partial charge in [-0.3, -0.25) is 0 Å². The van der Waals surface area contributed by atoms with Crippen molar-refractivity contribution in [1.29, 1.82) is 0 Å². The van der Waals surface area contributed by atoms with Crippen molar-refractivity contribution in [3.63, 3.8) is 0 Å². The molecule has 0 radical (unpaired) electrons. The first kappa shape index (κ1) is 15.7. The Balaban J connectivity index is 1.84. The lowest BCUT2D eigenvalue weighted by Crippen LogP contribution is -2.46. The van der Waals surface area contributed by atoms with Crippen molar-refractivity contribution in [3.05, 3.63) is 54.1 Å². The van der Waals surface area contributed by atoms with Crippen molar-refractivity contribution in [1.82, 2.24) is 0 Å². The molecular formula is C19H24N2O2. The quantitative estimate of drug-likeness (QED) is 0.943. The molecule has 4 nitrogen and oxygen atoms in total. The summed E-state index contributed by atoms with van der Waals surface area (Å²) in [6, 6.07) is 16.8. The third kappa shape index (κ3) is 3.42. The van der Waals surface area contributed by atoms with Crippen LogP contribution in [-0.2, 0) is 0 Å². The van der Waals surface area contributed by atoms with E-state index in [0.717, 1.165) is 36.7 Å². The Morgan fingerprint density at radius 3 is 2.39 bits per heavy atom. The van der Waals surface area contributed by atoms with Gasteiger partial charge in [0, 0.05) is 36.8 Å². The van der Waals surface area contributed by atoms with E-state index in [-0.39, 0.29) is 6.04 Å². The van der Waals surface area contributed by atoms with Crippen LogP contribution < -0.4 is 20.1 Å². The van der Waals surface area contributed by atoms with E-state index >= 15 is 0 Å². The van der Waals surface area contributed by atoms with Crippen LogP contribution in [0.2, 0.25) is 0 Å². The lowest BCUT2D eigenvalue weighted by atomic mass is 9.88. The minimum absolute atomic E-state index is 0.169. The molecule has 1 aliphatic heterocycles. The fourth-order valence-corrected chi connectivity index (χ4v) is 3.34. The lowest BCUT2D eigenvalue weighted by molar-refractivity contribution is 0.354. The molecule has 4 heteroatoms. The van der Waals surface area contributed by atoms with Crippen LogP contribution in [0.4, 0.5) is 5.69 Å². The van der Waals surface area contributed by atoms with Crippen LogP contribution in [0.3, 0.4) is 0 Å². The molecule has 122 valence electrons. The summed E-state index contributed by atoms with van der Waals surface area (Å²) in [5, 5.41) is 0. The number of hydrogen-bond acceptors (Lipinski definition) is 4. The summed E-state index contributed by atoms with van der Waals surface area (Å²) in [5.41, 5.74) is 8.80. The van der Waals surface area contributed by atoms with Gasteiger partial charge in [-0.2, -0.15) is 0 Å². The van der Waals surface area contributed by atoms with Crippen LogP contribution in [0.5, 0.6) is 11.5 Å². The fraction of sp³-hybridized carbons (Fsp3) is 0.368. The van der Waals surface area contributed by atoms with E-state index in [1.54, 1.807) is 14.2 Å². The fourth-order valence-electron chi connectivity index (χ4n) is 3.34. The van der Waals surface area contributed by atoms with E-state index in [0.29, 0.717) is 5.92 Å². The maximum Gasteiger partial charge on any atom is 0.162 e. The second-order valence-corrected chi connectivity index (χ2v) is 6.05. The zero-order valence-corrected chi connectivity index (χ0v) is 13.7. The summed E-state index contributed by atoms with van der Waals surface area (Å²) in [7, 11) is 3.32. The smallest absolute Gasteiger partial charge is 0.162 e. The molecule has 2 aromatic rings. The minimum Gasteiger partial charge on any atom is -0.493 e. The first-order chi connectivity index (χ1) is 11.2. The van der Waals surface area contributed by atoms with E-state index in [9.17, 15) is 0 Å². The Morgan fingerprint density at radius 1 is 0.957 bits per heavy atom. The highest BCUT2D eigenvalue weighted by molar-refractivity contribution is 5.57. The molecule has 2 N–H and O–H groups in total. The highest BCUT2D eigenvalue weighted by Gasteiger charge is 2.26. The van der Waals surface area contributed by atoms with Crippen LogP contribution in [0.15, 0.2) is 48.5 Å². The number of benzene rings is 2. The maximum atomic E-state index is 6.32. The predicted molar refractivity (Wildman–Crippen MR) is 93.5 cm³/mol. The standard InChI is InChI=1S/C19H24N2O2/c1-22-18-9-8-17(11-19(18)23-2)21-12-15(10-16(20)13-21)14-6-4-3-5-7-14/h3-9,11,15-16H,10,12-13,20H2,1-2H3. The average Bonchev–Trinajstić information content (AvgIpc) is 2.61. The van der Waals surface area contributed by atoms with Crippen LogP contribution >= 0.6 is 0 Å². The zero-order chi connectivity index (χ0) is 16.2. The lowest BCUT2D eigenvalue weighted by Gasteiger charge is -2.38. The summed E-state index contributed by atoms with van der Waals surface area (Å²) in [5.74, 6) is 1.95. The number of hydrogen-bond donors (Lipinski definition) is 1. The summed E-state index contributed by atoms with van der Waals surface area (Å²) in [4.78, 5) is 2.34. The van der Waals surface area contributed by atoms with Crippen molar-refractivity contribution in [2.24, 2.45) is 5.73 Å². The third-order valence-electron chi connectivity index (χ3n) is 4.49. The number of ether oxygens (including phenoxy) is 2. The molecule has 0 aliphatic carbocycles. The molecule has 2 unspecified atom stereocenters. The SMILES string of the molecule is COc1ccc(N2CC(N)CC(c3ccccc3)C2)cc1OC. The highest BCUT2D eigenvalue weighted by atomic mass is 16.5. The number of nitrogens with two attached hydrogens (primary N) is 1. The third-order valence-corrected chi connectivity index (χ3v) is 4.49. The van der Waals surface area contributed by atoms with E-state index < -0.39 is 0 Å². The normalized spacial score (nSPS) is 21.1. The molecular weight excluding hydrogens is 288 g/mol. The van der Waals surface area contributed by atoms with Gasteiger partial charge in [0.1, 0.15) is 0 Å². The second kappa shape index (κ2) is 6.92. The molecule has 2 aromatic carbocycles. The number of nitrogens with zero attached hydrogens (tertiary/aromatic N) is 1. The van der Waals surface area contributed by atoms with Crippen molar-refractivity contribution in [2.75, 3.05) is 32.2 Å². The summed E-state index contributed by atoms with van der Waals surface area (Å²) < 4.78 is 10.7. The number of rotatable bonds is 4. The van der Waals surface area contributed by atoms with Crippen molar-refractivity contribution >= 4 is 5.69 Å². The van der Waals surface area contributed by atoms with Crippen LogP contribution in [0, 0.1) is 0 Å². The maximum absolute atomic E-state index is 6.32. The van der Waals surface area contributed by atoms with Crippen molar-refractivity contribution in [2.45, 2.75) is 18.4 Å². The molecule has 0 spiro atoms. The number of methoxy groups -OCH3 is 2. The zero-order valence-electron chi connectivity index (χ0n) is 13.7. The van der Waals surface area contributed by atoms with E-state index in [1.165, 1.54) is 5.56 Å². The van der Waals surface area contributed by atoms with Crippen molar-refractivity contribution < 1.29 is 9.47 Å². The van der Waals surface area contributed by atoms with Gasteiger partial charge in [-0.1, -0.05) is 30.3 Å². The molecule has 1 fully saturated rings. The van der Waals surface area contributed by atoms with Gasteiger partial charge in [-0.25, -0.2) is 0 Å². The molecule has 1 saturated heterocycles.